The van der Waals surface area contributed by atoms with Gasteiger partial charge in [0, 0.05) is 37.3 Å². The summed E-state index contributed by atoms with van der Waals surface area (Å²) in [4.78, 5) is 38.7. The molecule has 1 N–H and O–H groups in total. The van der Waals surface area contributed by atoms with Gasteiger partial charge in [-0.1, -0.05) is 24.3 Å². The monoisotopic (exact) mass is 379 g/mol. The summed E-state index contributed by atoms with van der Waals surface area (Å²) in [7, 11) is 4.73. The van der Waals surface area contributed by atoms with Gasteiger partial charge in [-0.25, -0.2) is 0 Å². The maximum atomic E-state index is 12.9. The third-order valence-corrected chi connectivity index (χ3v) is 4.47. The lowest BCUT2D eigenvalue weighted by Gasteiger charge is -2.18. The zero-order valence-electron chi connectivity index (χ0n) is 15.9. The number of ether oxygens (including phenoxy) is 1. The van der Waals surface area contributed by atoms with Crippen molar-refractivity contribution in [3.05, 3.63) is 70.5 Å². The second kappa shape index (κ2) is 7.96. The van der Waals surface area contributed by atoms with Gasteiger partial charge in [0.1, 0.15) is 5.75 Å². The number of hydrogen-bond acceptors (Lipinski definition) is 4. The average molecular weight is 379 g/mol. The smallest absolute Gasteiger partial charge is 0.254 e. The van der Waals surface area contributed by atoms with E-state index < -0.39 is 5.91 Å². The highest BCUT2D eigenvalue weighted by Crippen LogP contribution is 2.18. The number of aryl methyl sites for hydroxylation is 1. The Balaban J connectivity index is 1.79. The summed E-state index contributed by atoms with van der Waals surface area (Å²) in [6.07, 6.45) is 0. The molecule has 3 aromatic rings. The van der Waals surface area contributed by atoms with Gasteiger partial charge in [0.25, 0.3) is 11.5 Å². The van der Waals surface area contributed by atoms with Gasteiger partial charge in [-0.05, 0) is 18.2 Å². The van der Waals surface area contributed by atoms with E-state index in [1.54, 1.807) is 62.7 Å². The number of nitrogens with zero attached hydrogens (tertiary/aromatic N) is 2. The third-order valence-electron chi connectivity index (χ3n) is 4.47. The molecular formula is C21H21N3O4. The Morgan fingerprint density at radius 1 is 1.11 bits per heavy atom. The molecule has 0 unspecified atom stereocenters. The van der Waals surface area contributed by atoms with Crippen LogP contribution in [0.25, 0.3) is 10.9 Å². The molecule has 0 saturated heterocycles. The van der Waals surface area contributed by atoms with E-state index in [0.29, 0.717) is 22.3 Å². The number of para-hydroxylation sites is 1. The summed E-state index contributed by atoms with van der Waals surface area (Å²) in [5, 5.41) is 3.39. The van der Waals surface area contributed by atoms with Gasteiger partial charge in [-0.2, -0.15) is 0 Å². The fourth-order valence-electron chi connectivity index (χ4n) is 2.98. The number of amides is 2. The Bertz CT molecular complexity index is 1100. The van der Waals surface area contributed by atoms with E-state index in [2.05, 4.69) is 5.32 Å². The standard InChI is InChI=1S/C21H21N3O4/c1-23(13-19(25)22-14-7-6-8-15(11-14)28-3)21(27)17-12-20(26)24(2)18-10-5-4-9-16(17)18/h4-12H,13H2,1-3H3,(H,22,25). The lowest BCUT2D eigenvalue weighted by atomic mass is 10.1. The predicted molar refractivity (Wildman–Crippen MR) is 108 cm³/mol. The molecule has 7 nitrogen and oxygen atoms in total. The van der Waals surface area contributed by atoms with Crippen LogP contribution in [0.3, 0.4) is 0 Å². The van der Waals surface area contributed by atoms with Gasteiger partial charge in [0.15, 0.2) is 0 Å². The molecule has 1 aromatic heterocycles. The van der Waals surface area contributed by atoms with E-state index in [0.717, 1.165) is 0 Å². The Hall–Kier alpha value is -3.61. The Labute approximate surface area is 162 Å². The van der Waals surface area contributed by atoms with Crippen molar-refractivity contribution in [3.63, 3.8) is 0 Å². The Morgan fingerprint density at radius 3 is 2.61 bits per heavy atom. The first kappa shape index (κ1) is 19.2. The number of carbonyl (C=O) groups excluding carboxylic acids is 2. The molecule has 0 spiro atoms. The first-order valence-corrected chi connectivity index (χ1v) is 8.69. The quantitative estimate of drug-likeness (QED) is 0.737. The molecule has 0 aliphatic heterocycles. The predicted octanol–water partition coefficient (Wildman–Crippen LogP) is 2.26. The first-order chi connectivity index (χ1) is 13.4. The highest BCUT2D eigenvalue weighted by molar-refractivity contribution is 6.07. The molecule has 0 fully saturated rings. The SMILES string of the molecule is COc1cccc(NC(=O)CN(C)C(=O)c2cc(=O)n(C)c3ccccc23)c1. The van der Waals surface area contributed by atoms with Crippen molar-refractivity contribution < 1.29 is 14.3 Å². The molecule has 3 rings (SSSR count). The number of carbonyl (C=O) groups is 2. The van der Waals surface area contributed by atoms with Crippen LogP contribution in [0.4, 0.5) is 5.69 Å². The normalized spacial score (nSPS) is 10.5. The third kappa shape index (κ3) is 3.88. The minimum absolute atomic E-state index is 0.153. The molecule has 0 radical (unpaired) electrons. The maximum Gasteiger partial charge on any atom is 0.254 e. The fraction of sp³-hybridized carbons (Fsp3) is 0.190. The van der Waals surface area contributed by atoms with Crippen molar-refractivity contribution in [2.45, 2.75) is 0 Å². The van der Waals surface area contributed by atoms with E-state index >= 15 is 0 Å². The highest BCUT2D eigenvalue weighted by atomic mass is 16.5. The molecule has 0 atom stereocenters. The second-order valence-corrected chi connectivity index (χ2v) is 6.41. The number of benzene rings is 2. The number of fused-ring (bicyclic) bond motifs is 1. The molecule has 28 heavy (non-hydrogen) atoms. The molecule has 0 aliphatic carbocycles. The van der Waals surface area contributed by atoms with Crippen LogP contribution in [0.15, 0.2) is 59.4 Å². The van der Waals surface area contributed by atoms with Gasteiger partial charge in [0.05, 0.1) is 24.7 Å². The second-order valence-electron chi connectivity index (χ2n) is 6.41. The van der Waals surface area contributed by atoms with Crippen LogP contribution in [0.2, 0.25) is 0 Å². The number of pyridine rings is 1. The average Bonchev–Trinajstić information content (AvgIpc) is 2.70. The lowest BCUT2D eigenvalue weighted by Crippen LogP contribution is -2.35. The van der Waals surface area contributed by atoms with Crippen LogP contribution >= 0.6 is 0 Å². The van der Waals surface area contributed by atoms with Gasteiger partial charge in [-0.15, -0.1) is 0 Å². The molecular weight excluding hydrogens is 358 g/mol. The number of aromatic nitrogens is 1. The topological polar surface area (TPSA) is 80.6 Å². The lowest BCUT2D eigenvalue weighted by molar-refractivity contribution is -0.116. The van der Waals surface area contributed by atoms with Gasteiger partial charge >= 0.3 is 0 Å². The fourth-order valence-corrected chi connectivity index (χ4v) is 2.98. The summed E-state index contributed by atoms with van der Waals surface area (Å²) in [6.45, 7) is -0.153. The molecule has 2 amide bonds. The van der Waals surface area contributed by atoms with Crippen LogP contribution in [0.1, 0.15) is 10.4 Å². The van der Waals surface area contributed by atoms with Crippen molar-refractivity contribution >= 4 is 28.4 Å². The molecule has 144 valence electrons. The van der Waals surface area contributed by atoms with Crippen molar-refractivity contribution in [3.8, 4) is 5.75 Å². The molecule has 0 saturated carbocycles. The first-order valence-electron chi connectivity index (χ1n) is 8.69. The van der Waals surface area contributed by atoms with E-state index in [1.807, 2.05) is 0 Å². The van der Waals surface area contributed by atoms with Crippen LogP contribution in [-0.2, 0) is 11.8 Å². The number of rotatable bonds is 5. The van der Waals surface area contributed by atoms with Crippen molar-refractivity contribution in [2.24, 2.45) is 7.05 Å². The van der Waals surface area contributed by atoms with Crippen LogP contribution in [-0.4, -0.2) is 42.0 Å². The largest absolute Gasteiger partial charge is 0.497 e. The maximum absolute atomic E-state index is 12.9. The zero-order valence-corrected chi connectivity index (χ0v) is 15.9. The number of hydrogen-bond donors (Lipinski definition) is 1. The minimum atomic E-state index is -0.394. The molecule has 1 heterocycles. The van der Waals surface area contributed by atoms with E-state index in [4.69, 9.17) is 4.74 Å². The molecule has 0 bridgehead atoms. The number of nitrogens with one attached hydrogen (secondary N) is 1. The molecule has 7 heteroatoms. The van der Waals surface area contributed by atoms with E-state index in [1.165, 1.54) is 22.6 Å². The van der Waals surface area contributed by atoms with Crippen molar-refractivity contribution in [2.75, 3.05) is 26.0 Å². The van der Waals surface area contributed by atoms with E-state index in [9.17, 15) is 14.4 Å². The van der Waals surface area contributed by atoms with Crippen LogP contribution < -0.4 is 15.6 Å². The number of methoxy groups -OCH3 is 1. The van der Waals surface area contributed by atoms with E-state index in [-0.39, 0.29) is 23.6 Å². The summed E-state index contributed by atoms with van der Waals surface area (Å²) < 4.78 is 6.62. The Kier molecular flexibility index (Phi) is 5.44. The summed E-state index contributed by atoms with van der Waals surface area (Å²) in [6, 6.07) is 15.4. The highest BCUT2D eigenvalue weighted by Gasteiger charge is 2.19. The van der Waals surface area contributed by atoms with Gasteiger partial charge < -0.3 is 19.5 Å². The van der Waals surface area contributed by atoms with Gasteiger partial charge in [-0.3, -0.25) is 14.4 Å². The summed E-state index contributed by atoms with van der Waals surface area (Å²) >= 11 is 0. The van der Waals surface area contributed by atoms with Crippen LogP contribution in [0.5, 0.6) is 5.75 Å². The zero-order chi connectivity index (χ0) is 20.3. The number of likely N-dealkylation sites (N-methyl/N-ethyl adjacent to an activating group) is 1. The number of anilines is 1. The molecule has 2 aromatic carbocycles. The minimum Gasteiger partial charge on any atom is -0.497 e. The molecule has 0 aliphatic rings. The summed E-state index contributed by atoms with van der Waals surface area (Å²) in [5.74, 6) is -0.124. The summed E-state index contributed by atoms with van der Waals surface area (Å²) in [5.41, 5.74) is 1.23. The van der Waals surface area contributed by atoms with Crippen LogP contribution in [0, 0.1) is 0 Å². The Morgan fingerprint density at radius 2 is 1.86 bits per heavy atom. The van der Waals surface area contributed by atoms with Crippen molar-refractivity contribution in [1.29, 1.82) is 0 Å². The van der Waals surface area contributed by atoms with Gasteiger partial charge in [0.2, 0.25) is 5.91 Å². The van der Waals surface area contributed by atoms with Crippen molar-refractivity contribution in [1.82, 2.24) is 9.47 Å².